The monoisotopic (exact) mass is 666 g/mol. The van der Waals surface area contributed by atoms with Crippen LogP contribution in [-0.2, 0) is 5.41 Å². The number of hydrogen-bond donors (Lipinski definition) is 0. The molecule has 9 aromatic rings. The van der Waals surface area contributed by atoms with Gasteiger partial charge in [0.05, 0.1) is 5.41 Å². The third-order valence-corrected chi connectivity index (χ3v) is 12.3. The Hall–Kier alpha value is -6.22. The third kappa shape index (κ3) is 3.91. The summed E-state index contributed by atoms with van der Waals surface area (Å²) >= 11 is 1.85. The van der Waals surface area contributed by atoms with Crippen molar-refractivity contribution >= 4 is 47.9 Å². The van der Waals surface area contributed by atoms with E-state index in [0.717, 1.165) is 28.2 Å². The second-order valence-corrected chi connectivity index (χ2v) is 14.7. The van der Waals surface area contributed by atoms with Crippen molar-refractivity contribution in [1.29, 1.82) is 0 Å². The Morgan fingerprint density at radius 3 is 1.90 bits per heavy atom. The lowest BCUT2D eigenvalue weighted by Crippen LogP contribution is -2.32. The van der Waals surface area contributed by atoms with E-state index in [1.165, 1.54) is 75.5 Å². The largest absolute Gasteiger partial charge is 0.457 e. The zero-order chi connectivity index (χ0) is 33.7. The molecule has 1 nitrogen and oxygen atoms in total. The fraction of sp³-hybridized carbons (Fsp3) is 0.0204. The van der Waals surface area contributed by atoms with Crippen LogP contribution in [-0.4, -0.2) is 0 Å². The highest BCUT2D eigenvalue weighted by Gasteiger charge is 2.52. The highest BCUT2D eigenvalue weighted by atomic mass is 32.1. The van der Waals surface area contributed by atoms with Gasteiger partial charge in [-0.15, -0.1) is 11.3 Å². The maximum atomic E-state index is 6.60. The SMILES string of the molecule is C=C(c1ccc(-c2cccc3c2-c2c(ccc4ccccc24)C32c3ccccc3Oc3ccccc32)cc1)c1ccc2sc3ccccc3c2c1. The van der Waals surface area contributed by atoms with Crippen LogP contribution in [0.2, 0.25) is 0 Å². The van der Waals surface area contributed by atoms with E-state index in [9.17, 15) is 0 Å². The first-order valence-corrected chi connectivity index (χ1v) is 18.3. The van der Waals surface area contributed by atoms with E-state index < -0.39 is 5.41 Å². The molecule has 0 atom stereocenters. The quantitative estimate of drug-likeness (QED) is 0.182. The first kappa shape index (κ1) is 28.6. The van der Waals surface area contributed by atoms with E-state index in [4.69, 9.17) is 4.74 Å². The number of hydrogen-bond acceptors (Lipinski definition) is 2. The summed E-state index contributed by atoms with van der Waals surface area (Å²) in [5, 5.41) is 5.11. The van der Waals surface area contributed by atoms with Gasteiger partial charge in [-0.3, -0.25) is 0 Å². The summed E-state index contributed by atoms with van der Waals surface area (Å²) in [6.45, 7) is 4.58. The van der Waals surface area contributed by atoms with Crippen molar-refractivity contribution in [2.45, 2.75) is 5.41 Å². The molecular weight excluding hydrogens is 637 g/mol. The minimum absolute atomic E-state index is 0.519. The molecular formula is C49H30OS. The number of thiophene rings is 1. The molecule has 0 bridgehead atoms. The van der Waals surface area contributed by atoms with Gasteiger partial charge in [0.15, 0.2) is 0 Å². The normalized spacial score (nSPS) is 13.5. The summed E-state index contributed by atoms with van der Waals surface area (Å²) in [5.41, 5.74) is 12.7. The van der Waals surface area contributed by atoms with Crippen LogP contribution >= 0.6 is 11.3 Å². The van der Waals surface area contributed by atoms with Crippen LogP contribution in [0.3, 0.4) is 0 Å². The minimum Gasteiger partial charge on any atom is -0.457 e. The van der Waals surface area contributed by atoms with Gasteiger partial charge < -0.3 is 4.74 Å². The van der Waals surface area contributed by atoms with E-state index in [-0.39, 0.29) is 0 Å². The highest BCUT2D eigenvalue weighted by molar-refractivity contribution is 7.25. The minimum atomic E-state index is -0.519. The molecule has 11 rings (SSSR count). The Morgan fingerprint density at radius 1 is 0.471 bits per heavy atom. The molecule has 0 saturated carbocycles. The standard InChI is InChI=1S/C49H30OS/c1-30(34-26-28-46-38(29-34)37-13-4-9-20-45(37)51-46)31-21-23-33(24-22-31)36-14-10-17-41-47(36)48-35-12-3-2-11-32(35)25-27-42(48)49(41)39-15-5-7-18-43(39)50-44-19-8-6-16-40(44)49/h2-29H,1H2. The van der Waals surface area contributed by atoms with Crippen molar-refractivity contribution in [2.24, 2.45) is 0 Å². The van der Waals surface area contributed by atoms with Crippen molar-refractivity contribution in [2.75, 3.05) is 0 Å². The lowest BCUT2D eigenvalue weighted by Gasteiger charge is -2.39. The molecule has 1 aromatic heterocycles. The highest BCUT2D eigenvalue weighted by Crippen LogP contribution is 2.64. The number of benzene rings is 8. The Morgan fingerprint density at radius 2 is 1.10 bits per heavy atom. The second kappa shape index (κ2) is 10.6. The molecule has 0 saturated heterocycles. The maximum absolute atomic E-state index is 6.60. The van der Waals surface area contributed by atoms with Gasteiger partial charge >= 0.3 is 0 Å². The van der Waals surface area contributed by atoms with E-state index in [2.05, 4.69) is 176 Å². The molecule has 2 aliphatic rings. The van der Waals surface area contributed by atoms with Crippen molar-refractivity contribution in [1.82, 2.24) is 0 Å². The summed E-state index contributed by atoms with van der Waals surface area (Å²) in [6, 6.07) is 61.9. The van der Waals surface area contributed by atoms with Gasteiger partial charge in [-0.05, 0) is 91.2 Å². The number of rotatable bonds is 3. The molecule has 238 valence electrons. The van der Waals surface area contributed by atoms with Crippen LogP contribution in [0, 0.1) is 0 Å². The molecule has 1 aliphatic heterocycles. The van der Waals surface area contributed by atoms with Crippen LogP contribution in [0.4, 0.5) is 0 Å². The Bertz CT molecular complexity index is 2860. The van der Waals surface area contributed by atoms with Gasteiger partial charge in [0.2, 0.25) is 0 Å². The predicted octanol–water partition coefficient (Wildman–Crippen LogP) is 13.4. The molecule has 1 aliphatic carbocycles. The molecule has 0 N–H and O–H groups in total. The van der Waals surface area contributed by atoms with Crippen molar-refractivity contribution < 1.29 is 4.74 Å². The van der Waals surface area contributed by atoms with E-state index >= 15 is 0 Å². The molecule has 2 heterocycles. The van der Waals surface area contributed by atoms with Gasteiger partial charge in [0, 0.05) is 31.3 Å². The van der Waals surface area contributed by atoms with Gasteiger partial charge in [-0.25, -0.2) is 0 Å². The first-order chi connectivity index (χ1) is 25.2. The zero-order valence-electron chi connectivity index (χ0n) is 27.7. The topological polar surface area (TPSA) is 9.23 Å². The molecule has 0 unspecified atom stereocenters. The summed E-state index contributed by atoms with van der Waals surface area (Å²) in [5.74, 6) is 1.81. The van der Waals surface area contributed by atoms with E-state index in [0.29, 0.717) is 0 Å². The van der Waals surface area contributed by atoms with Crippen LogP contribution in [0.1, 0.15) is 33.4 Å². The molecule has 0 amide bonds. The van der Waals surface area contributed by atoms with Crippen LogP contribution in [0.25, 0.3) is 58.8 Å². The molecule has 8 aromatic carbocycles. The zero-order valence-corrected chi connectivity index (χ0v) is 28.5. The molecule has 51 heavy (non-hydrogen) atoms. The van der Waals surface area contributed by atoms with Crippen LogP contribution < -0.4 is 4.74 Å². The number of para-hydroxylation sites is 2. The summed E-state index contributed by atoms with van der Waals surface area (Å²) in [7, 11) is 0. The molecule has 1 spiro atoms. The van der Waals surface area contributed by atoms with Gasteiger partial charge in [0.25, 0.3) is 0 Å². The van der Waals surface area contributed by atoms with E-state index in [1.54, 1.807) is 0 Å². The smallest absolute Gasteiger partial charge is 0.132 e. The van der Waals surface area contributed by atoms with Crippen molar-refractivity contribution in [3.63, 3.8) is 0 Å². The second-order valence-electron chi connectivity index (χ2n) is 13.6. The maximum Gasteiger partial charge on any atom is 0.132 e. The predicted molar refractivity (Wildman–Crippen MR) is 214 cm³/mol. The number of ether oxygens (including phenoxy) is 1. The average Bonchev–Trinajstić information content (AvgIpc) is 3.72. The summed E-state index contributed by atoms with van der Waals surface area (Å²) in [4.78, 5) is 0. The van der Waals surface area contributed by atoms with Crippen molar-refractivity contribution in [3.05, 3.63) is 210 Å². The fourth-order valence-electron chi connectivity index (χ4n) is 8.88. The molecule has 2 heteroatoms. The van der Waals surface area contributed by atoms with E-state index in [1.807, 2.05) is 11.3 Å². The Labute approximate surface area is 300 Å². The first-order valence-electron chi connectivity index (χ1n) is 17.4. The van der Waals surface area contributed by atoms with Gasteiger partial charge in [-0.2, -0.15) is 0 Å². The van der Waals surface area contributed by atoms with Gasteiger partial charge in [0.1, 0.15) is 11.5 Å². The molecule has 0 fully saturated rings. The van der Waals surface area contributed by atoms with Crippen molar-refractivity contribution in [3.8, 4) is 33.8 Å². The molecule has 0 radical (unpaired) electrons. The summed E-state index contributed by atoms with van der Waals surface area (Å²) in [6.07, 6.45) is 0. The van der Waals surface area contributed by atoms with Gasteiger partial charge in [-0.1, -0.05) is 146 Å². The van der Waals surface area contributed by atoms with Crippen LogP contribution in [0.5, 0.6) is 11.5 Å². The average molecular weight is 667 g/mol. The lowest BCUT2D eigenvalue weighted by molar-refractivity contribution is 0.436. The Kier molecular flexibility index (Phi) is 5.97. The third-order valence-electron chi connectivity index (χ3n) is 11.1. The van der Waals surface area contributed by atoms with Crippen LogP contribution in [0.15, 0.2) is 176 Å². The number of fused-ring (bicyclic) bond motifs is 14. The summed E-state index contributed by atoms with van der Waals surface area (Å²) < 4.78 is 9.23. The lowest BCUT2D eigenvalue weighted by atomic mass is 9.66. The fourth-order valence-corrected chi connectivity index (χ4v) is 9.97. The Balaban J connectivity index is 1.11.